The van der Waals surface area contributed by atoms with Crippen molar-refractivity contribution in [3.05, 3.63) is 8.92 Å². The Bertz CT molecular complexity index is 187. The lowest BCUT2D eigenvalue weighted by Gasteiger charge is -1.82. The van der Waals surface area contributed by atoms with Crippen molar-refractivity contribution >= 4 is 27.3 Å². The van der Waals surface area contributed by atoms with Crippen LogP contribution in [0.1, 0.15) is 18.4 Å². The predicted octanol–water partition coefficient (Wildman–Crippen LogP) is 2.25. The van der Waals surface area contributed by atoms with E-state index >= 15 is 0 Å². The SMILES string of the molecule is CCCc1nnc(Br)s1. The monoisotopic (exact) mass is 206 g/mol. The summed E-state index contributed by atoms with van der Waals surface area (Å²) in [6.07, 6.45) is 2.19. The summed E-state index contributed by atoms with van der Waals surface area (Å²) >= 11 is 4.85. The van der Waals surface area contributed by atoms with E-state index in [9.17, 15) is 0 Å². The molecule has 0 aliphatic carbocycles. The van der Waals surface area contributed by atoms with Gasteiger partial charge in [0.15, 0.2) is 3.92 Å². The maximum absolute atomic E-state index is 3.93. The maximum atomic E-state index is 3.93. The molecule has 0 fully saturated rings. The molecule has 4 heteroatoms. The van der Waals surface area contributed by atoms with Gasteiger partial charge in [0.25, 0.3) is 0 Å². The van der Waals surface area contributed by atoms with Gasteiger partial charge in [0.2, 0.25) is 0 Å². The normalized spacial score (nSPS) is 10.0. The third-order valence-corrected chi connectivity index (χ3v) is 2.32. The maximum Gasteiger partial charge on any atom is 0.183 e. The first kappa shape index (κ1) is 7.15. The first-order chi connectivity index (χ1) is 4.33. The topological polar surface area (TPSA) is 25.8 Å². The molecule has 9 heavy (non-hydrogen) atoms. The third-order valence-electron chi connectivity index (χ3n) is 0.906. The highest BCUT2D eigenvalue weighted by Gasteiger charge is 1.97. The minimum Gasteiger partial charge on any atom is -0.143 e. The molecule has 0 saturated heterocycles. The van der Waals surface area contributed by atoms with Crippen LogP contribution in [0.4, 0.5) is 0 Å². The largest absolute Gasteiger partial charge is 0.183 e. The van der Waals surface area contributed by atoms with Crippen molar-refractivity contribution in [2.45, 2.75) is 19.8 Å². The molecule has 1 heterocycles. The molecule has 0 atom stereocenters. The van der Waals surface area contributed by atoms with Crippen LogP contribution in [0.5, 0.6) is 0 Å². The van der Waals surface area contributed by atoms with Crippen LogP contribution in [0.25, 0.3) is 0 Å². The van der Waals surface area contributed by atoms with Crippen molar-refractivity contribution in [1.29, 1.82) is 0 Å². The average molecular weight is 207 g/mol. The van der Waals surface area contributed by atoms with Gasteiger partial charge in [-0.2, -0.15) is 0 Å². The van der Waals surface area contributed by atoms with Gasteiger partial charge in [0.05, 0.1) is 0 Å². The lowest BCUT2D eigenvalue weighted by atomic mass is 10.4. The number of rotatable bonds is 2. The minimum absolute atomic E-state index is 0.881. The van der Waals surface area contributed by atoms with Crippen molar-refractivity contribution in [3.63, 3.8) is 0 Å². The first-order valence-corrected chi connectivity index (χ1v) is 4.41. The summed E-state index contributed by atoms with van der Waals surface area (Å²) in [5.74, 6) is 0. The quantitative estimate of drug-likeness (QED) is 0.743. The van der Waals surface area contributed by atoms with E-state index in [2.05, 4.69) is 33.1 Å². The summed E-state index contributed by atoms with van der Waals surface area (Å²) in [7, 11) is 0. The van der Waals surface area contributed by atoms with Crippen molar-refractivity contribution in [2.24, 2.45) is 0 Å². The van der Waals surface area contributed by atoms with Crippen molar-refractivity contribution < 1.29 is 0 Å². The second-order valence-electron chi connectivity index (χ2n) is 1.70. The lowest BCUT2D eigenvalue weighted by Crippen LogP contribution is -1.79. The first-order valence-electron chi connectivity index (χ1n) is 2.81. The standard InChI is InChI=1S/C5H7BrN2S/c1-2-3-4-7-8-5(6)9-4/h2-3H2,1H3. The van der Waals surface area contributed by atoms with Gasteiger partial charge in [-0.1, -0.05) is 18.3 Å². The fraction of sp³-hybridized carbons (Fsp3) is 0.600. The second-order valence-corrected chi connectivity index (χ2v) is 4.04. The van der Waals surface area contributed by atoms with Crippen LogP contribution >= 0.6 is 27.3 Å². The molecule has 0 saturated carbocycles. The Hall–Kier alpha value is 0.0400. The zero-order chi connectivity index (χ0) is 6.69. The summed E-state index contributed by atoms with van der Waals surface area (Å²) in [4.78, 5) is 0. The molecule has 0 aromatic carbocycles. The Morgan fingerprint density at radius 1 is 1.56 bits per heavy atom. The van der Waals surface area contributed by atoms with Crippen LogP contribution in [-0.4, -0.2) is 10.2 Å². The van der Waals surface area contributed by atoms with Gasteiger partial charge >= 0.3 is 0 Å². The predicted molar refractivity (Wildman–Crippen MR) is 41.6 cm³/mol. The zero-order valence-electron chi connectivity index (χ0n) is 5.09. The van der Waals surface area contributed by atoms with E-state index in [0.717, 1.165) is 21.8 Å². The van der Waals surface area contributed by atoms with Crippen LogP contribution in [0.3, 0.4) is 0 Å². The Labute approximate surface area is 66.4 Å². The fourth-order valence-corrected chi connectivity index (χ4v) is 1.85. The Kier molecular flexibility index (Phi) is 2.60. The van der Waals surface area contributed by atoms with E-state index in [0.29, 0.717) is 0 Å². The number of hydrogen-bond acceptors (Lipinski definition) is 3. The highest BCUT2D eigenvalue weighted by Crippen LogP contribution is 2.16. The van der Waals surface area contributed by atoms with Crippen LogP contribution < -0.4 is 0 Å². The zero-order valence-corrected chi connectivity index (χ0v) is 7.50. The van der Waals surface area contributed by atoms with E-state index in [1.54, 1.807) is 11.3 Å². The van der Waals surface area contributed by atoms with Gasteiger partial charge in [0, 0.05) is 6.42 Å². The molecule has 0 aliphatic rings. The molecule has 0 amide bonds. The smallest absolute Gasteiger partial charge is 0.143 e. The van der Waals surface area contributed by atoms with Crippen molar-refractivity contribution in [3.8, 4) is 0 Å². The van der Waals surface area contributed by atoms with Crippen molar-refractivity contribution in [2.75, 3.05) is 0 Å². The van der Waals surface area contributed by atoms with Crippen molar-refractivity contribution in [1.82, 2.24) is 10.2 Å². The summed E-state index contributed by atoms with van der Waals surface area (Å²) in [5, 5.41) is 8.86. The Morgan fingerprint density at radius 3 is 2.78 bits per heavy atom. The lowest BCUT2D eigenvalue weighted by molar-refractivity contribution is 0.876. The second kappa shape index (κ2) is 3.27. The van der Waals surface area contributed by atoms with Gasteiger partial charge in [-0.3, -0.25) is 0 Å². The molecule has 0 aliphatic heterocycles. The summed E-state index contributed by atoms with van der Waals surface area (Å²) in [6.45, 7) is 2.13. The van der Waals surface area contributed by atoms with Crippen LogP contribution in [0.15, 0.2) is 3.92 Å². The average Bonchev–Trinajstić information content (AvgIpc) is 2.17. The van der Waals surface area contributed by atoms with Gasteiger partial charge in [-0.25, -0.2) is 0 Å². The summed E-state index contributed by atoms with van der Waals surface area (Å²) in [6, 6.07) is 0. The van der Waals surface area contributed by atoms with Gasteiger partial charge in [-0.15, -0.1) is 10.2 Å². The van der Waals surface area contributed by atoms with Gasteiger partial charge in [0.1, 0.15) is 5.01 Å². The molecule has 0 bridgehead atoms. The van der Waals surface area contributed by atoms with E-state index < -0.39 is 0 Å². The molecule has 0 N–H and O–H groups in total. The molecule has 2 nitrogen and oxygen atoms in total. The van der Waals surface area contributed by atoms with Crippen LogP contribution in [0.2, 0.25) is 0 Å². The van der Waals surface area contributed by atoms with E-state index in [4.69, 9.17) is 0 Å². The molecule has 1 aromatic heterocycles. The van der Waals surface area contributed by atoms with Crippen LogP contribution in [0, 0.1) is 0 Å². The number of nitrogens with zero attached hydrogens (tertiary/aromatic N) is 2. The summed E-state index contributed by atoms with van der Waals surface area (Å²) < 4.78 is 0.881. The highest BCUT2D eigenvalue weighted by molar-refractivity contribution is 9.11. The number of hydrogen-bond donors (Lipinski definition) is 0. The molecule has 0 unspecified atom stereocenters. The number of halogens is 1. The Morgan fingerprint density at radius 2 is 2.33 bits per heavy atom. The molecular formula is C5H7BrN2S. The summed E-state index contributed by atoms with van der Waals surface area (Å²) in [5.41, 5.74) is 0. The van der Waals surface area contributed by atoms with Gasteiger partial charge < -0.3 is 0 Å². The fourth-order valence-electron chi connectivity index (χ4n) is 0.548. The molecule has 1 aromatic rings. The highest BCUT2D eigenvalue weighted by atomic mass is 79.9. The van der Waals surface area contributed by atoms with E-state index in [1.165, 1.54) is 0 Å². The molecule has 0 radical (unpaired) electrons. The molecule has 50 valence electrons. The minimum atomic E-state index is 0.881. The van der Waals surface area contributed by atoms with Gasteiger partial charge in [-0.05, 0) is 22.4 Å². The van der Waals surface area contributed by atoms with Crippen LogP contribution in [-0.2, 0) is 6.42 Å². The van der Waals surface area contributed by atoms with E-state index in [1.807, 2.05) is 0 Å². The molecule has 1 rings (SSSR count). The number of aryl methyl sites for hydroxylation is 1. The van der Waals surface area contributed by atoms with E-state index in [-0.39, 0.29) is 0 Å². The Balaban J connectivity index is 2.61. The molecule has 0 spiro atoms. The number of aromatic nitrogens is 2. The molecular weight excluding hydrogens is 200 g/mol. The third kappa shape index (κ3) is 2.02.